The van der Waals surface area contributed by atoms with Crippen molar-refractivity contribution < 1.29 is 4.79 Å². The first kappa shape index (κ1) is 15.7. The molecule has 0 aliphatic heterocycles. The topological polar surface area (TPSA) is 59.2 Å². The minimum absolute atomic E-state index is 0.135. The Balaban J connectivity index is 2.08. The third kappa shape index (κ3) is 3.89. The predicted molar refractivity (Wildman–Crippen MR) is 87.1 cm³/mol. The van der Waals surface area contributed by atoms with E-state index < -0.39 is 0 Å². The van der Waals surface area contributed by atoms with Gasteiger partial charge < -0.3 is 10.6 Å². The zero-order chi connectivity index (χ0) is 15.2. The average Bonchev–Trinajstić information content (AvgIpc) is 2.97. The van der Waals surface area contributed by atoms with Crippen molar-refractivity contribution in [3.8, 4) is 10.6 Å². The molecule has 1 aromatic carbocycles. The predicted octanol–water partition coefficient (Wildman–Crippen LogP) is 2.68. The smallest absolute Gasteiger partial charge is 0.228 e. The molecule has 0 saturated heterocycles. The minimum atomic E-state index is 0.135. The number of nitrogens with zero attached hydrogens (tertiary/aromatic N) is 2. The molecule has 5 heteroatoms. The monoisotopic (exact) mass is 303 g/mol. The number of thiazole rings is 1. The molecule has 0 saturated carbocycles. The van der Waals surface area contributed by atoms with Crippen molar-refractivity contribution in [3.63, 3.8) is 0 Å². The summed E-state index contributed by atoms with van der Waals surface area (Å²) in [5.41, 5.74) is 8.61. The lowest BCUT2D eigenvalue weighted by Crippen LogP contribution is -2.31. The summed E-state index contributed by atoms with van der Waals surface area (Å²) in [5, 5.41) is 2.91. The Morgan fingerprint density at radius 3 is 2.48 bits per heavy atom. The van der Waals surface area contributed by atoms with Crippen molar-refractivity contribution in [2.75, 3.05) is 13.1 Å². The van der Waals surface area contributed by atoms with Crippen LogP contribution in [0.15, 0.2) is 29.6 Å². The average molecular weight is 303 g/mol. The number of aromatic nitrogens is 1. The van der Waals surface area contributed by atoms with Crippen LogP contribution in [-0.4, -0.2) is 28.9 Å². The van der Waals surface area contributed by atoms with Gasteiger partial charge in [0.05, 0.1) is 12.1 Å². The lowest BCUT2D eigenvalue weighted by atomic mass is 10.1. The SMILES string of the molecule is CCN(CC)C(=O)Cc1csc(-c2ccc(CN)cc2)n1. The normalized spacial score (nSPS) is 10.6. The molecule has 0 fully saturated rings. The van der Waals surface area contributed by atoms with E-state index in [-0.39, 0.29) is 5.91 Å². The number of likely N-dealkylation sites (N-methyl/N-ethyl adjacent to an activating group) is 1. The van der Waals surface area contributed by atoms with Gasteiger partial charge in [-0.2, -0.15) is 0 Å². The van der Waals surface area contributed by atoms with Gasteiger partial charge in [0.15, 0.2) is 0 Å². The van der Waals surface area contributed by atoms with Crippen LogP contribution in [0.3, 0.4) is 0 Å². The van der Waals surface area contributed by atoms with E-state index in [4.69, 9.17) is 5.73 Å². The van der Waals surface area contributed by atoms with Crippen LogP contribution in [0.25, 0.3) is 10.6 Å². The van der Waals surface area contributed by atoms with E-state index >= 15 is 0 Å². The quantitative estimate of drug-likeness (QED) is 0.892. The molecule has 2 rings (SSSR count). The molecule has 21 heavy (non-hydrogen) atoms. The van der Waals surface area contributed by atoms with Crippen LogP contribution in [-0.2, 0) is 17.8 Å². The summed E-state index contributed by atoms with van der Waals surface area (Å²) in [5.74, 6) is 0.135. The Kier molecular flexibility index (Phi) is 5.47. The second-order valence-corrected chi connectivity index (χ2v) is 5.65. The lowest BCUT2D eigenvalue weighted by molar-refractivity contribution is -0.130. The van der Waals surface area contributed by atoms with Crippen LogP contribution >= 0.6 is 11.3 Å². The minimum Gasteiger partial charge on any atom is -0.343 e. The summed E-state index contributed by atoms with van der Waals surface area (Å²) >= 11 is 1.57. The highest BCUT2D eigenvalue weighted by molar-refractivity contribution is 7.13. The Bertz CT molecular complexity index is 588. The van der Waals surface area contributed by atoms with Gasteiger partial charge in [0.1, 0.15) is 5.01 Å². The fraction of sp³-hybridized carbons (Fsp3) is 0.375. The van der Waals surface area contributed by atoms with E-state index in [0.29, 0.717) is 13.0 Å². The summed E-state index contributed by atoms with van der Waals surface area (Å²) < 4.78 is 0. The van der Waals surface area contributed by atoms with Gasteiger partial charge >= 0.3 is 0 Å². The molecule has 2 N–H and O–H groups in total. The molecule has 112 valence electrons. The second kappa shape index (κ2) is 7.33. The van der Waals surface area contributed by atoms with Crippen molar-refractivity contribution >= 4 is 17.2 Å². The van der Waals surface area contributed by atoms with Crippen LogP contribution in [0.4, 0.5) is 0 Å². The molecule has 0 aliphatic rings. The van der Waals surface area contributed by atoms with Gasteiger partial charge in [0.2, 0.25) is 5.91 Å². The van der Waals surface area contributed by atoms with E-state index in [9.17, 15) is 4.79 Å². The van der Waals surface area contributed by atoms with Crippen LogP contribution in [0.1, 0.15) is 25.1 Å². The van der Waals surface area contributed by atoms with E-state index in [2.05, 4.69) is 4.98 Å². The van der Waals surface area contributed by atoms with E-state index in [1.165, 1.54) is 0 Å². The fourth-order valence-electron chi connectivity index (χ4n) is 2.15. The Morgan fingerprint density at radius 1 is 1.24 bits per heavy atom. The zero-order valence-electron chi connectivity index (χ0n) is 12.5. The summed E-state index contributed by atoms with van der Waals surface area (Å²) in [4.78, 5) is 18.5. The number of hydrogen-bond donors (Lipinski definition) is 1. The van der Waals surface area contributed by atoms with Crippen LogP contribution in [0.2, 0.25) is 0 Å². The van der Waals surface area contributed by atoms with Gasteiger partial charge in [-0.3, -0.25) is 4.79 Å². The number of amides is 1. The first-order valence-corrected chi connectivity index (χ1v) is 8.07. The lowest BCUT2D eigenvalue weighted by Gasteiger charge is -2.17. The van der Waals surface area contributed by atoms with Gasteiger partial charge in [0, 0.05) is 30.6 Å². The number of carbonyl (C=O) groups excluding carboxylic acids is 1. The number of rotatable bonds is 6. The molecule has 1 heterocycles. The zero-order valence-corrected chi connectivity index (χ0v) is 13.3. The van der Waals surface area contributed by atoms with Gasteiger partial charge in [-0.1, -0.05) is 24.3 Å². The highest BCUT2D eigenvalue weighted by Gasteiger charge is 2.13. The summed E-state index contributed by atoms with van der Waals surface area (Å²) in [7, 11) is 0. The number of benzene rings is 1. The van der Waals surface area contributed by atoms with Crippen LogP contribution < -0.4 is 5.73 Å². The third-order valence-electron chi connectivity index (χ3n) is 3.44. The van der Waals surface area contributed by atoms with Crippen LogP contribution in [0, 0.1) is 0 Å². The summed E-state index contributed by atoms with van der Waals surface area (Å²) in [6.07, 6.45) is 0.374. The molecule has 0 aliphatic carbocycles. The van der Waals surface area contributed by atoms with Crippen molar-refractivity contribution in [1.29, 1.82) is 0 Å². The molecule has 1 aromatic heterocycles. The first-order valence-electron chi connectivity index (χ1n) is 7.19. The highest BCUT2D eigenvalue weighted by atomic mass is 32.1. The van der Waals surface area contributed by atoms with Crippen molar-refractivity contribution in [3.05, 3.63) is 40.9 Å². The molecule has 0 bridgehead atoms. The standard InChI is InChI=1S/C16H21N3OS/c1-3-19(4-2)15(20)9-14-11-21-16(18-14)13-7-5-12(10-17)6-8-13/h5-8,11H,3-4,9-10,17H2,1-2H3. The van der Waals surface area contributed by atoms with Gasteiger partial charge in [0.25, 0.3) is 0 Å². The van der Waals surface area contributed by atoms with E-state index in [0.717, 1.165) is 34.9 Å². The summed E-state index contributed by atoms with van der Waals surface area (Å²) in [6.45, 7) is 6.02. The maximum Gasteiger partial charge on any atom is 0.228 e. The van der Waals surface area contributed by atoms with Gasteiger partial charge in [-0.25, -0.2) is 4.98 Å². The number of nitrogens with two attached hydrogens (primary N) is 1. The number of hydrogen-bond acceptors (Lipinski definition) is 4. The number of carbonyl (C=O) groups is 1. The molecule has 0 radical (unpaired) electrons. The van der Waals surface area contributed by atoms with Gasteiger partial charge in [-0.15, -0.1) is 11.3 Å². The largest absolute Gasteiger partial charge is 0.343 e. The molecule has 0 spiro atoms. The van der Waals surface area contributed by atoms with Crippen molar-refractivity contribution in [2.24, 2.45) is 5.73 Å². The highest BCUT2D eigenvalue weighted by Crippen LogP contribution is 2.24. The van der Waals surface area contributed by atoms with Gasteiger partial charge in [-0.05, 0) is 19.4 Å². The van der Waals surface area contributed by atoms with Crippen molar-refractivity contribution in [1.82, 2.24) is 9.88 Å². The molecule has 1 amide bonds. The van der Waals surface area contributed by atoms with Crippen LogP contribution in [0.5, 0.6) is 0 Å². The Hall–Kier alpha value is -1.72. The summed E-state index contributed by atoms with van der Waals surface area (Å²) in [6, 6.07) is 8.07. The molecule has 2 aromatic rings. The molecule has 0 atom stereocenters. The van der Waals surface area contributed by atoms with E-state index in [1.54, 1.807) is 11.3 Å². The second-order valence-electron chi connectivity index (χ2n) is 4.79. The molecular weight excluding hydrogens is 282 g/mol. The molecular formula is C16H21N3OS. The maximum atomic E-state index is 12.1. The van der Waals surface area contributed by atoms with Crippen molar-refractivity contribution in [2.45, 2.75) is 26.8 Å². The Labute approximate surface area is 129 Å². The molecule has 0 unspecified atom stereocenters. The third-order valence-corrected chi connectivity index (χ3v) is 4.38. The Morgan fingerprint density at radius 2 is 1.90 bits per heavy atom. The first-order chi connectivity index (χ1) is 10.2. The fourth-order valence-corrected chi connectivity index (χ4v) is 2.97. The van der Waals surface area contributed by atoms with E-state index in [1.807, 2.05) is 48.4 Å². The molecule has 4 nitrogen and oxygen atoms in total. The maximum absolute atomic E-state index is 12.1.